The Morgan fingerprint density at radius 3 is 2.67 bits per heavy atom. The predicted molar refractivity (Wildman–Crippen MR) is 133 cm³/mol. The minimum atomic E-state index is -1.79. The Kier molecular flexibility index (Phi) is 7.45. The van der Waals surface area contributed by atoms with Crippen LogP contribution in [0.3, 0.4) is 0 Å². The number of carboxylic acid groups (broad SMARTS) is 1. The first kappa shape index (κ1) is 26.6. The van der Waals surface area contributed by atoms with Crippen molar-refractivity contribution in [3.8, 4) is 6.07 Å². The Morgan fingerprint density at radius 1 is 1.31 bits per heavy atom. The third-order valence-electron chi connectivity index (χ3n) is 7.45. The zero-order valence-electron chi connectivity index (χ0n) is 19.8. The molecule has 0 aromatic heterocycles. The number of aliphatic carboxylic acids is 1. The van der Waals surface area contributed by atoms with E-state index in [4.69, 9.17) is 27.9 Å². The minimum absolute atomic E-state index is 0.0446. The van der Waals surface area contributed by atoms with Crippen molar-refractivity contribution >= 4 is 29.2 Å². The van der Waals surface area contributed by atoms with Crippen LogP contribution in [0.1, 0.15) is 43.7 Å². The molecule has 0 radical (unpaired) electrons. The van der Waals surface area contributed by atoms with Crippen LogP contribution in [0, 0.1) is 28.4 Å². The van der Waals surface area contributed by atoms with Gasteiger partial charge < -0.3 is 9.84 Å². The largest absolute Gasteiger partial charge is 0.480 e. The van der Waals surface area contributed by atoms with Gasteiger partial charge in [0.15, 0.2) is 0 Å². The number of ether oxygens (including phenoxy) is 1. The summed E-state index contributed by atoms with van der Waals surface area (Å²) in [7, 11) is 0. The van der Waals surface area contributed by atoms with E-state index in [1.54, 1.807) is 0 Å². The van der Waals surface area contributed by atoms with E-state index in [-0.39, 0.29) is 27.6 Å². The molecule has 5 nitrogen and oxygen atoms in total. The van der Waals surface area contributed by atoms with Gasteiger partial charge in [0.25, 0.3) is 0 Å². The average molecular weight is 535 g/mol. The zero-order chi connectivity index (χ0) is 26.3. The highest BCUT2D eigenvalue weighted by Crippen LogP contribution is 2.53. The van der Waals surface area contributed by atoms with Crippen LogP contribution < -0.4 is 5.32 Å². The van der Waals surface area contributed by atoms with E-state index in [2.05, 4.69) is 11.4 Å². The summed E-state index contributed by atoms with van der Waals surface area (Å²) in [5.41, 5.74) is -1.28. The number of carboxylic acids is 1. The number of carbonyl (C=O) groups is 1. The minimum Gasteiger partial charge on any atom is -0.480 e. The van der Waals surface area contributed by atoms with Gasteiger partial charge in [0.05, 0.1) is 24.3 Å². The summed E-state index contributed by atoms with van der Waals surface area (Å²) in [4.78, 5) is 12.5. The predicted octanol–water partition coefficient (Wildman–Crippen LogP) is 6.00. The van der Waals surface area contributed by atoms with Crippen molar-refractivity contribution in [2.45, 2.75) is 50.1 Å². The number of rotatable bonds is 6. The van der Waals surface area contributed by atoms with Gasteiger partial charge in [0.1, 0.15) is 23.1 Å². The Labute approximate surface area is 218 Å². The summed E-state index contributed by atoms with van der Waals surface area (Å²) in [5, 5.41) is 23.9. The molecule has 2 N–H and O–H groups in total. The number of nitrogens with one attached hydrogen (secondary N) is 1. The fourth-order valence-corrected chi connectivity index (χ4v) is 6.05. The first-order valence-electron chi connectivity index (χ1n) is 11.6. The molecule has 4 atom stereocenters. The van der Waals surface area contributed by atoms with Crippen LogP contribution in [0.5, 0.6) is 0 Å². The topological polar surface area (TPSA) is 82.4 Å². The molecule has 2 aliphatic rings. The average Bonchev–Trinajstić information content (AvgIpc) is 3.15. The Balaban J connectivity index is 1.96. The molecule has 2 heterocycles. The molecular weight excluding hydrogens is 509 g/mol. The molecule has 4 rings (SSSR count). The quantitative estimate of drug-likeness (QED) is 0.443. The second kappa shape index (κ2) is 10.1. The van der Waals surface area contributed by atoms with E-state index in [1.807, 2.05) is 19.9 Å². The van der Waals surface area contributed by atoms with Gasteiger partial charge in [-0.2, -0.15) is 5.26 Å². The first-order valence-corrected chi connectivity index (χ1v) is 12.4. The lowest BCUT2D eigenvalue weighted by molar-refractivity contribution is -0.139. The van der Waals surface area contributed by atoms with Gasteiger partial charge in [-0.05, 0) is 42.0 Å². The lowest BCUT2D eigenvalue weighted by Gasteiger charge is -2.39. The number of benzene rings is 2. The third kappa shape index (κ3) is 4.52. The molecule has 1 saturated heterocycles. The van der Waals surface area contributed by atoms with Crippen molar-refractivity contribution < 1.29 is 23.4 Å². The molecule has 2 aliphatic heterocycles. The van der Waals surface area contributed by atoms with Crippen LogP contribution >= 0.6 is 23.2 Å². The van der Waals surface area contributed by atoms with Gasteiger partial charge in [-0.15, -0.1) is 0 Å². The van der Waals surface area contributed by atoms with Crippen molar-refractivity contribution in [2.24, 2.45) is 5.41 Å². The summed E-state index contributed by atoms with van der Waals surface area (Å²) in [6, 6.07) is 8.17. The van der Waals surface area contributed by atoms with Crippen LogP contribution in [-0.4, -0.2) is 36.4 Å². The zero-order valence-corrected chi connectivity index (χ0v) is 21.3. The lowest BCUT2D eigenvalue weighted by atomic mass is 9.61. The van der Waals surface area contributed by atoms with Crippen LogP contribution in [0.25, 0.3) is 0 Å². The van der Waals surface area contributed by atoms with E-state index >= 15 is 8.78 Å². The molecule has 0 saturated carbocycles. The van der Waals surface area contributed by atoms with E-state index in [9.17, 15) is 15.2 Å². The van der Waals surface area contributed by atoms with Crippen molar-refractivity contribution in [2.75, 3.05) is 13.2 Å². The first-order chi connectivity index (χ1) is 17.0. The van der Waals surface area contributed by atoms with Crippen molar-refractivity contribution in [1.82, 2.24) is 5.32 Å². The Morgan fingerprint density at radius 2 is 2.06 bits per heavy atom. The Hall–Kier alpha value is -2.50. The maximum atomic E-state index is 15.5. The van der Waals surface area contributed by atoms with Gasteiger partial charge in [-0.25, -0.2) is 8.78 Å². The molecule has 2 aromatic carbocycles. The standard InChI is InChI=1S/C27H26Cl2F2N2O3/c1-26(2,15-8-10-36-11-9-15)13-21-27(14-32,18-7-6-16(28)12-20(18)30)22(24(33-21)25(34)35)17-4-3-5-19(29)23(17)31/h3-8,12,21-22,24,33H,9-11,13H2,1-2H3,(H,34,35)/t21-,22-,24-,27+/m0/s1. The molecule has 0 amide bonds. The van der Waals surface area contributed by atoms with E-state index in [0.29, 0.717) is 19.6 Å². The SMILES string of the molecule is CC(C)(C[C@@H]1N[C@H](C(=O)O)[C@H](c2cccc(Cl)c2F)[C@]1(C#N)c1ccc(Cl)cc1F)C1=CCOCC1. The lowest BCUT2D eigenvalue weighted by Crippen LogP contribution is -2.45. The monoisotopic (exact) mass is 534 g/mol. The van der Waals surface area contributed by atoms with Crippen LogP contribution in [-0.2, 0) is 14.9 Å². The smallest absolute Gasteiger partial charge is 0.321 e. The highest BCUT2D eigenvalue weighted by Gasteiger charge is 2.61. The normalized spacial score (nSPS) is 26.4. The molecule has 36 heavy (non-hydrogen) atoms. The van der Waals surface area contributed by atoms with Crippen LogP contribution in [0.15, 0.2) is 48.0 Å². The van der Waals surface area contributed by atoms with E-state index < -0.39 is 46.4 Å². The van der Waals surface area contributed by atoms with Crippen LogP contribution in [0.4, 0.5) is 8.78 Å². The number of hydrogen-bond acceptors (Lipinski definition) is 4. The van der Waals surface area contributed by atoms with Crippen LogP contribution in [0.2, 0.25) is 10.0 Å². The highest BCUT2D eigenvalue weighted by molar-refractivity contribution is 6.31. The molecular formula is C27H26Cl2F2N2O3. The fraction of sp³-hybridized carbons (Fsp3) is 0.407. The van der Waals surface area contributed by atoms with Gasteiger partial charge in [0, 0.05) is 22.5 Å². The third-order valence-corrected chi connectivity index (χ3v) is 7.97. The summed E-state index contributed by atoms with van der Waals surface area (Å²) in [6.45, 7) is 5.00. The number of halogens is 4. The molecule has 2 aromatic rings. The number of hydrogen-bond donors (Lipinski definition) is 2. The van der Waals surface area contributed by atoms with Gasteiger partial charge in [-0.1, -0.05) is 66.9 Å². The maximum Gasteiger partial charge on any atom is 0.321 e. The summed E-state index contributed by atoms with van der Waals surface area (Å²) < 4.78 is 36.4. The number of nitrogens with zero attached hydrogens (tertiary/aromatic N) is 1. The molecule has 190 valence electrons. The van der Waals surface area contributed by atoms with Crippen molar-refractivity contribution in [1.29, 1.82) is 5.26 Å². The second-order valence-corrected chi connectivity index (χ2v) is 10.7. The maximum absolute atomic E-state index is 15.5. The summed E-state index contributed by atoms with van der Waals surface area (Å²) >= 11 is 12.1. The van der Waals surface area contributed by atoms with Gasteiger partial charge >= 0.3 is 5.97 Å². The highest BCUT2D eigenvalue weighted by atomic mass is 35.5. The van der Waals surface area contributed by atoms with Gasteiger partial charge in [-0.3, -0.25) is 10.1 Å². The molecule has 0 aliphatic carbocycles. The van der Waals surface area contributed by atoms with E-state index in [0.717, 1.165) is 11.6 Å². The number of nitriles is 1. The molecule has 0 spiro atoms. The summed E-state index contributed by atoms with van der Waals surface area (Å²) in [5.74, 6) is -4.16. The van der Waals surface area contributed by atoms with Crippen molar-refractivity contribution in [3.63, 3.8) is 0 Å². The molecule has 0 unspecified atom stereocenters. The second-order valence-electron chi connectivity index (χ2n) is 9.90. The molecule has 0 bridgehead atoms. The van der Waals surface area contributed by atoms with E-state index in [1.165, 1.54) is 30.3 Å². The Bertz CT molecular complexity index is 1260. The van der Waals surface area contributed by atoms with Crippen molar-refractivity contribution in [3.05, 3.63) is 80.9 Å². The fourth-order valence-electron chi connectivity index (χ4n) is 5.71. The molecule has 1 fully saturated rings. The molecule has 9 heteroatoms. The van der Waals surface area contributed by atoms with Gasteiger partial charge in [0.2, 0.25) is 0 Å². The summed E-state index contributed by atoms with van der Waals surface area (Å²) in [6.07, 6.45) is 2.96.